The molecule has 0 aliphatic carbocycles. The second-order valence-electron chi connectivity index (χ2n) is 7.01. The Bertz CT molecular complexity index is 716. The highest BCUT2D eigenvalue weighted by atomic mass is 19.1. The molecule has 2 N–H and O–H groups in total. The van der Waals surface area contributed by atoms with Crippen LogP contribution in [0.15, 0.2) is 12.3 Å². The van der Waals surface area contributed by atoms with Crippen molar-refractivity contribution in [3.63, 3.8) is 0 Å². The van der Waals surface area contributed by atoms with Crippen LogP contribution in [0.5, 0.6) is 0 Å². The van der Waals surface area contributed by atoms with Crippen LogP contribution >= 0.6 is 0 Å². The number of rotatable bonds is 5. The number of pyridine rings is 1. The van der Waals surface area contributed by atoms with Crippen LogP contribution in [0.3, 0.4) is 0 Å². The van der Waals surface area contributed by atoms with Crippen molar-refractivity contribution in [1.29, 1.82) is 0 Å². The molecule has 2 fully saturated rings. The first kappa shape index (κ1) is 18.3. The zero-order valence-corrected chi connectivity index (χ0v) is 14.8. The minimum Gasteiger partial charge on any atom is -0.372 e. The first-order valence-electron chi connectivity index (χ1n) is 8.92. The number of carbonyl (C=O) groups is 3. The maximum absolute atomic E-state index is 14.5. The highest BCUT2D eigenvalue weighted by molar-refractivity contribution is 6.01. The predicted molar refractivity (Wildman–Crippen MR) is 94.2 cm³/mol. The van der Waals surface area contributed by atoms with E-state index in [-0.39, 0.29) is 18.1 Å². The molecule has 2 amide bonds. The van der Waals surface area contributed by atoms with Crippen LogP contribution in [0.2, 0.25) is 0 Å². The van der Waals surface area contributed by atoms with E-state index >= 15 is 0 Å². The first-order chi connectivity index (χ1) is 12.4. The van der Waals surface area contributed by atoms with E-state index in [2.05, 4.69) is 15.6 Å². The molecular weight excluding hydrogens is 339 g/mol. The van der Waals surface area contributed by atoms with Gasteiger partial charge in [-0.05, 0) is 32.1 Å². The second-order valence-corrected chi connectivity index (χ2v) is 7.01. The summed E-state index contributed by atoms with van der Waals surface area (Å²) in [5.41, 5.74) is 0.409. The number of anilines is 2. The summed E-state index contributed by atoms with van der Waals surface area (Å²) >= 11 is 0. The van der Waals surface area contributed by atoms with Gasteiger partial charge in [0.15, 0.2) is 11.6 Å². The maximum atomic E-state index is 14.5. The molecule has 1 aromatic heterocycles. The maximum Gasteiger partial charge on any atom is 0.249 e. The largest absolute Gasteiger partial charge is 0.372 e. The van der Waals surface area contributed by atoms with Gasteiger partial charge in [-0.1, -0.05) is 0 Å². The molecule has 1 aromatic rings. The third-order valence-corrected chi connectivity index (χ3v) is 4.89. The van der Waals surface area contributed by atoms with E-state index in [0.29, 0.717) is 43.4 Å². The number of Topliss-reactive ketones (excluding diaryl/α,β-unsaturated/α-hetero) is 1. The fraction of sp³-hybridized carbons (Fsp3) is 0.556. The number of aromatic nitrogens is 1. The summed E-state index contributed by atoms with van der Waals surface area (Å²) in [4.78, 5) is 40.3. The minimum atomic E-state index is -0.568. The van der Waals surface area contributed by atoms with Crippen molar-refractivity contribution in [2.75, 3.05) is 23.3 Å². The number of ketones is 1. The normalized spacial score (nSPS) is 21.5. The number of imide groups is 1. The molecule has 0 radical (unpaired) electrons. The van der Waals surface area contributed by atoms with Crippen LogP contribution in [0.4, 0.5) is 15.9 Å². The van der Waals surface area contributed by atoms with Crippen molar-refractivity contribution in [1.82, 2.24) is 10.3 Å². The Balaban J connectivity index is 1.60. The first-order valence-corrected chi connectivity index (χ1v) is 8.92. The zero-order chi connectivity index (χ0) is 18.7. The highest BCUT2D eigenvalue weighted by Crippen LogP contribution is 2.27. The van der Waals surface area contributed by atoms with Crippen LogP contribution in [-0.2, 0) is 14.4 Å². The predicted octanol–water partition coefficient (Wildman–Crippen LogP) is 1.63. The minimum absolute atomic E-state index is 0.191. The molecular formula is C18H23FN4O3. The number of nitrogens with zero attached hydrogens (tertiary/aromatic N) is 2. The van der Waals surface area contributed by atoms with Crippen LogP contribution in [0.1, 0.15) is 39.0 Å². The molecule has 1 atom stereocenters. The number of halogens is 1. The van der Waals surface area contributed by atoms with Gasteiger partial charge in [0.2, 0.25) is 11.8 Å². The third kappa shape index (κ3) is 4.36. The lowest BCUT2D eigenvalue weighted by Crippen LogP contribution is -2.47. The molecule has 0 bridgehead atoms. The van der Waals surface area contributed by atoms with Crippen molar-refractivity contribution < 1.29 is 18.8 Å². The van der Waals surface area contributed by atoms with Crippen molar-refractivity contribution in [3.05, 3.63) is 18.1 Å². The van der Waals surface area contributed by atoms with Gasteiger partial charge in [0.25, 0.3) is 0 Å². The summed E-state index contributed by atoms with van der Waals surface area (Å²) in [6, 6.07) is 0.760. The Labute approximate surface area is 151 Å². The van der Waals surface area contributed by atoms with E-state index in [1.807, 2.05) is 4.90 Å². The molecule has 0 saturated carbocycles. The van der Waals surface area contributed by atoms with Gasteiger partial charge in [-0.25, -0.2) is 9.37 Å². The van der Waals surface area contributed by atoms with Crippen molar-refractivity contribution >= 4 is 29.1 Å². The van der Waals surface area contributed by atoms with Gasteiger partial charge in [-0.3, -0.25) is 14.9 Å². The molecule has 2 saturated heterocycles. The average Bonchev–Trinajstić information content (AvgIpc) is 2.58. The number of amides is 2. The fourth-order valence-corrected chi connectivity index (χ4v) is 3.53. The van der Waals surface area contributed by atoms with E-state index in [9.17, 15) is 18.8 Å². The molecule has 2 aliphatic heterocycles. The van der Waals surface area contributed by atoms with Crippen LogP contribution < -0.4 is 15.5 Å². The number of piperidine rings is 2. The van der Waals surface area contributed by atoms with Crippen molar-refractivity contribution in [3.8, 4) is 0 Å². The van der Waals surface area contributed by atoms with Gasteiger partial charge >= 0.3 is 0 Å². The Morgan fingerprint density at radius 1 is 1.35 bits per heavy atom. The fourth-order valence-electron chi connectivity index (χ4n) is 3.53. The van der Waals surface area contributed by atoms with Gasteiger partial charge < -0.3 is 15.0 Å². The van der Waals surface area contributed by atoms with E-state index in [0.717, 1.165) is 12.8 Å². The molecule has 140 valence electrons. The molecule has 3 heterocycles. The van der Waals surface area contributed by atoms with Crippen molar-refractivity contribution in [2.24, 2.45) is 5.92 Å². The van der Waals surface area contributed by atoms with Crippen LogP contribution in [0.25, 0.3) is 0 Å². The standard InChI is InChI=1S/C18H23FN4O3/c1-11(24)8-12-4-6-23(7-5-12)17-14(19)9-13(10-20-17)21-15-2-3-16(25)22-18(15)26/h9-10,12,15,21H,2-8H2,1H3,(H,22,25,26). The van der Waals surface area contributed by atoms with Gasteiger partial charge in [-0.15, -0.1) is 0 Å². The van der Waals surface area contributed by atoms with Gasteiger partial charge in [0.05, 0.1) is 11.9 Å². The number of carbonyl (C=O) groups excluding carboxylic acids is 3. The summed E-state index contributed by atoms with van der Waals surface area (Å²) in [7, 11) is 0. The van der Waals surface area contributed by atoms with E-state index < -0.39 is 17.8 Å². The lowest BCUT2D eigenvalue weighted by atomic mass is 9.92. The Hall–Kier alpha value is -2.51. The lowest BCUT2D eigenvalue weighted by Gasteiger charge is -2.32. The van der Waals surface area contributed by atoms with Crippen LogP contribution in [0, 0.1) is 11.7 Å². The smallest absolute Gasteiger partial charge is 0.249 e. The highest BCUT2D eigenvalue weighted by Gasteiger charge is 2.27. The Kier molecular flexibility index (Phi) is 5.49. The lowest BCUT2D eigenvalue weighted by molar-refractivity contribution is -0.133. The van der Waals surface area contributed by atoms with E-state index in [1.165, 1.54) is 12.3 Å². The monoisotopic (exact) mass is 362 g/mol. The Morgan fingerprint density at radius 3 is 2.69 bits per heavy atom. The van der Waals surface area contributed by atoms with Crippen LogP contribution in [-0.4, -0.2) is 41.7 Å². The third-order valence-electron chi connectivity index (χ3n) is 4.89. The van der Waals surface area contributed by atoms with Gasteiger partial charge in [-0.2, -0.15) is 0 Å². The summed E-state index contributed by atoms with van der Waals surface area (Å²) in [5.74, 6) is -0.302. The van der Waals surface area contributed by atoms with E-state index in [1.54, 1.807) is 6.92 Å². The molecule has 8 heteroatoms. The Morgan fingerprint density at radius 2 is 2.08 bits per heavy atom. The summed E-state index contributed by atoms with van der Waals surface area (Å²) in [6.07, 6.45) is 4.40. The topological polar surface area (TPSA) is 91.4 Å². The molecule has 7 nitrogen and oxygen atoms in total. The number of hydrogen-bond acceptors (Lipinski definition) is 6. The van der Waals surface area contributed by atoms with E-state index in [4.69, 9.17) is 0 Å². The summed E-state index contributed by atoms with van der Waals surface area (Å²) in [6.45, 7) is 2.94. The van der Waals surface area contributed by atoms with Gasteiger partial charge in [0.1, 0.15) is 11.8 Å². The summed E-state index contributed by atoms with van der Waals surface area (Å²) in [5, 5.41) is 5.19. The quantitative estimate of drug-likeness (QED) is 0.774. The second kappa shape index (κ2) is 7.80. The average molecular weight is 362 g/mol. The molecule has 3 rings (SSSR count). The molecule has 1 unspecified atom stereocenters. The summed E-state index contributed by atoms with van der Waals surface area (Å²) < 4.78 is 14.5. The number of hydrogen-bond donors (Lipinski definition) is 2. The molecule has 26 heavy (non-hydrogen) atoms. The SMILES string of the molecule is CC(=O)CC1CCN(c2ncc(NC3CCC(=O)NC3=O)cc2F)CC1. The molecule has 0 spiro atoms. The van der Waals surface area contributed by atoms with Gasteiger partial charge in [0, 0.05) is 32.0 Å². The zero-order valence-electron chi connectivity index (χ0n) is 14.8. The molecule has 2 aliphatic rings. The molecule has 0 aromatic carbocycles. The number of nitrogens with one attached hydrogen (secondary N) is 2. The van der Waals surface area contributed by atoms with Crippen molar-refractivity contribution in [2.45, 2.75) is 45.1 Å².